The summed E-state index contributed by atoms with van der Waals surface area (Å²) in [6.07, 6.45) is 0.367. The molecule has 3 rings (SSSR count). The van der Waals surface area contributed by atoms with Crippen molar-refractivity contribution in [2.24, 2.45) is 0 Å². The van der Waals surface area contributed by atoms with Crippen LogP contribution in [0.4, 0.5) is 0 Å². The lowest BCUT2D eigenvalue weighted by Gasteiger charge is -2.11. The molecule has 21 heavy (non-hydrogen) atoms. The minimum atomic E-state index is -0.319. The number of methoxy groups -OCH3 is 2. The average Bonchev–Trinajstić information content (AvgIpc) is 2.84. The standard InChI is InChI=1S/C17H16O4/c1-19-12-8-6-11(7-9-12)10-15-13-4-3-5-14(20-2)16(13)17(18)21-15/h3-9,15H,10H2,1-2H3/t15-/m0/s1. The molecule has 1 aliphatic heterocycles. The second-order valence-corrected chi connectivity index (χ2v) is 4.87. The summed E-state index contributed by atoms with van der Waals surface area (Å²) in [7, 11) is 3.19. The Hall–Kier alpha value is -2.49. The SMILES string of the molecule is COc1ccc(C[C@@H]2OC(=O)c3c(OC)cccc32)cc1. The summed E-state index contributed by atoms with van der Waals surface area (Å²) < 4.78 is 15.9. The quantitative estimate of drug-likeness (QED) is 0.809. The van der Waals surface area contributed by atoms with Crippen molar-refractivity contribution >= 4 is 5.97 Å². The molecule has 0 aromatic heterocycles. The molecule has 4 nitrogen and oxygen atoms in total. The van der Waals surface area contributed by atoms with E-state index < -0.39 is 0 Å². The lowest BCUT2D eigenvalue weighted by Crippen LogP contribution is -2.02. The van der Waals surface area contributed by atoms with E-state index in [0.717, 1.165) is 16.9 Å². The van der Waals surface area contributed by atoms with Gasteiger partial charge in [0.1, 0.15) is 23.2 Å². The molecular weight excluding hydrogens is 268 g/mol. The summed E-state index contributed by atoms with van der Waals surface area (Å²) >= 11 is 0. The van der Waals surface area contributed by atoms with Gasteiger partial charge in [-0.25, -0.2) is 4.79 Å². The summed E-state index contributed by atoms with van der Waals surface area (Å²) in [5, 5.41) is 0. The minimum absolute atomic E-state index is 0.268. The van der Waals surface area contributed by atoms with Gasteiger partial charge in [0.05, 0.1) is 14.2 Å². The predicted molar refractivity (Wildman–Crippen MR) is 77.8 cm³/mol. The smallest absolute Gasteiger partial charge is 0.342 e. The molecule has 0 fully saturated rings. The molecule has 1 atom stereocenters. The van der Waals surface area contributed by atoms with Crippen LogP contribution in [0.15, 0.2) is 42.5 Å². The number of cyclic esters (lactones) is 1. The van der Waals surface area contributed by atoms with Crippen LogP contribution in [0, 0.1) is 0 Å². The van der Waals surface area contributed by atoms with Crippen molar-refractivity contribution in [3.63, 3.8) is 0 Å². The van der Waals surface area contributed by atoms with Crippen molar-refractivity contribution in [2.75, 3.05) is 14.2 Å². The van der Waals surface area contributed by atoms with Gasteiger partial charge in [-0.3, -0.25) is 0 Å². The number of carbonyl (C=O) groups excluding carboxylic acids is 1. The van der Waals surface area contributed by atoms with E-state index in [4.69, 9.17) is 14.2 Å². The van der Waals surface area contributed by atoms with Crippen LogP contribution in [0.25, 0.3) is 0 Å². The zero-order valence-electron chi connectivity index (χ0n) is 12.0. The van der Waals surface area contributed by atoms with Gasteiger partial charge in [0.15, 0.2) is 0 Å². The summed E-state index contributed by atoms with van der Waals surface area (Å²) in [5.41, 5.74) is 2.51. The normalized spacial score (nSPS) is 16.3. The first-order chi connectivity index (χ1) is 10.2. The van der Waals surface area contributed by atoms with Crippen LogP contribution in [0.2, 0.25) is 0 Å². The number of hydrogen-bond donors (Lipinski definition) is 0. The molecular formula is C17H16O4. The number of rotatable bonds is 4. The van der Waals surface area contributed by atoms with Crippen LogP contribution in [0.3, 0.4) is 0 Å². The van der Waals surface area contributed by atoms with Crippen LogP contribution in [0.5, 0.6) is 11.5 Å². The molecule has 0 saturated carbocycles. The average molecular weight is 284 g/mol. The van der Waals surface area contributed by atoms with E-state index >= 15 is 0 Å². The first-order valence-electron chi connectivity index (χ1n) is 6.73. The third-order valence-corrected chi connectivity index (χ3v) is 3.66. The predicted octanol–water partition coefficient (Wildman–Crippen LogP) is 3.16. The fourth-order valence-corrected chi connectivity index (χ4v) is 2.58. The second-order valence-electron chi connectivity index (χ2n) is 4.87. The largest absolute Gasteiger partial charge is 0.497 e. The topological polar surface area (TPSA) is 44.8 Å². The fraction of sp³-hybridized carbons (Fsp3) is 0.235. The van der Waals surface area contributed by atoms with Gasteiger partial charge in [-0.1, -0.05) is 24.3 Å². The zero-order valence-corrected chi connectivity index (χ0v) is 12.0. The van der Waals surface area contributed by atoms with Crippen molar-refractivity contribution in [2.45, 2.75) is 12.5 Å². The fourth-order valence-electron chi connectivity index (χ4n) is 2.58. The van der Waals surface area contributed by atoms with E-state index in [2.05, 4.69) is 0 Å². The second kappa shape index (κ2) is 5.48. The summed E-state index contributed by atoms with van der Waals surface area (Å²) in [6, 6.07) is 13.3. The maximum Gasteiger partial charge on any atom is 0.342 e. The van der Waals surface area contributed by atoms with Gasteiger partial charge in [-0.05, 0) is 23.8 Å². The highest BCUT2D eigenvalue weighted by Crippen LogP contribution is 2.38. The molecule has 0 amide bonds. The van der Waals surface area contributed by atoms with E-state index in [1.165, 1.54) is 0 Å². The lowest BCUT2D eigenvalue weighted by molar-refractivity contribution is 0.0385. The van der Waals surface area contributed by atoms with Gasteiger partial charge in [0.2, 0.25) is 0 Å². The number of benzene rings is 2. The van der Waals surface area contributed by atoms with Crippen LogP contribution >= 0.6 is 0 Å². The Morgan fingerprint density at radius 2 is 1.81 bits per heavy atom. The van der Waals surface area contributed by atoms with E-state index in [9.17, 15) is 4.79 Å². The monoisotopic (exact) mass is 284 g/mol. The first kappa shape index (κ1) is 13.5. The van der Waals surface area contributed by atoms with Gasteiger partial charge >= 0.3 is 5.97 Å². The van der Waals surface area contributed by atoms with Crippen LogP contribution in [0.1, 0.15) is 27.6 Å². The number of esters is 1. The van der Waals surface area contributed by atoms with Crippen molar-refractivity contribution in [3.05, 3.63) is 59.2 Å². The van der Waals surface area contributed by atoms with E-state index in [0.29, 0.717) is 17.7 Å². The molecule has 0 unspecified atom stereocenters. The van der Waals surface area contributed by atoms with E-state index in [1.807, 2.05) is 36.4 Å². The van der Waals surface area contributed by atoms with Crippen molar-refractivity contribution in [1.82, 2.24) is 0 Å². The minimum Gasteiger partial charge on any atom is -0.497 e. The molecule has 1 aliphatic rings. The van der Waals surface area contributed by atoms with Gasteiger partial charge < -0.3 is 14.2 Å². The summed E-state index contributed by atoms with van der Waals surface area (Å²) in [6.45, 7) is 0. The highest BCUT2D eigenvalue weighted by molar-refractivity contribution is 5.97. The number of carbonyl (C=O) groups is 1. The Bertz CT molecular complexity index is 661. The maximum atomic E-state index is 12.0. The summed E-state index contributed by atoms with van der Waals surface area (Å²) in [4.78, 5) is 12.0. The molecule has 0 aliphatic carbocycles. The van der Waals surface area contributed by atoms with Gasteiger partial charge in [-0.2, -0.15) is 0 Å². The third kappa shape index (κ3) is 2.44. The van der Waals surface area contributed by atoms with Crippen molar-refractivity contribution in [1.29, 1.82) is 0 Å². The van der Waals surface area contributed by atoms with Crippen LogP contribution in [-0.2, 0) is 11.2 Å². The Kier molecular flexibility index (Phi) is 3.52. The van der Waals surface area contributed by atoms with Crippen molar-refractivity contribution < 1.29 is 19.0 Å². The number of hydrogen-bond acceptors (Lipinski definition) is 4. The molecule has 0 radical (unpaired) electrons. The molecule has 1 heterocycles. The molecule has 2 aromatic rings. The highest BCUT2D eigenvalue weighted by Gasteiger charge is 2.33. The zero-order chi connectivity index (χ0) is 14.8. The highest BCUT2D eigenvalue weighted by atomic mass is 16.6. The Morgan fingerprint density at radius 1 is 1.05 bits per heavy atom. The Morgan fingerprint density at radius 3 is 2.48 bits per heavy atom. The molecule has 0 N–H and O–H groups in total. The molecule has 2 aromatic carbocycles. The van der Waals surface area contributed by atoms with E-state index in [1.54, 1.807) is 20.3 Å². The molecule has 0 saturated heterocycles. The molecule has 0 spiro atoms. The molecule has 0 bridgehead atoms. The third-order valence-electron chi connectivity index (χ3n) is 3.66. The first-order valence-corrected chi connectivity index (χ1v) is 6.73. The number of fused-ring (bicyclic) bond motifs is 1. The summed E-state index contributed by atoms with van der Waals surface area (Å²) in [5.74, 6) is 1.06. The van der Waals surface area contributed by atoms with E-state index in [-0.39, 0.29) is 12.1 Å². The molecule has 108 valence electrons. The maximum absolute atomic E-state index is 12.0. The Labute approximate surface area is 123 Å². The van der Waals surface area contributed by atoms with Crippen molar-refractivity contribution in [3.8, 4) is 11.5 Å². The number of ether oxygens (including phenoxy) is 3. The Balaban J connectivity index is 1.87. The lowest BCUT2D eigenvalue weighted by atomic mass is 9.99. The van der Waals surface area contributed by atoms with Gasteiger partial charge in [-0.15, -0.1) is 0 Å². The van der Waals surface area contributed by atoms with Gasteiger partial charge in [0, 0.05) is 12.0 Å². The van der Waals surface area contributed by atoms with Gasteiger partial charge in [0.25, 0.3) is 0 Å². The van der Waals surface area contributed by atoms with Crippen LogP contribution < -0.4 is 9.47 Å². The molecule has 4 heteroatoms. The van der Waals surface area contributed by atoms with Crippen LogP contribution in [-0.4, -0.2) is 20.2 Å².